The van der Waals surface area contributed by atoms with Gasteiger partial charge in [0.05, 0.1) is 24.7 Å². The molecule has 0 bridgehead atoms. The maximum Gasteiger partial charge on any atom is 0.339 e. The van der Waals surface area contributed by atoms with Crippen molar-refractivity contribution in [1.82, 2.24) is 0 Å². The normalized spacial score (nSPS) is 42.5. The van der Waals surface area contributed by atoms with Gasteiger partial charge in [0, 0.05) is 13.5 Å². The van der Waals surface area contributed by atoms with Crippen molar-refractivity contribution in [3.63, 3.8) is 0 Å². The van der Waals surface area contributed by atoms with E-state index in [1.807, 2.05) is 0 Å². The van der Waals surface area contributed by atoms with E-state index in [0.717, 1.165) is 0 Å². The van der Waals surface area contributed by atoms with Crippen LogP contribution in [0.5, 0.6) is 0 Å². The summed E-state index contributed by atoms with van der Waals surface area (Å²) in [5.41, 5.74) is 0.941. The van der Waals surface area contributed by atoms with Crippen molar-refractivity contribution >= 4 is 5.97 Å². The number of hydrogen-bond acceptors (Lipinski definition) is 10. The van der Waals surface area contributed by atoms with Gasteiger partial charge in [-0.2, -0.15) is 0 Å². The Labute approximate surface area is 155 Å². The molecule has 0 radical (unpaired) electrons. The third-order valence-corrected chi connectivity index (χ3v) is 4.94. The van der Waals surface area contributed by atoms with Gasteiger partial charge in [-0.25, -0.2) is 4.79 Å². The van der Waals surface area contributed by atoms with E-state index in [-0.39, 0.29) is 12.2 Å². The van der Waals surface area contributed by atoms with Crippen LogP contribution in [-0.2, 0) is 28.5 Å². The van der Waals surface area contributed by atoms with Gasteiger partial charge in [0.2, 0.25) is 0 Å². The van der Waals surface area contributed by atoms with E-state index in [9.17, 15) is 25.2 Å². The lowest BCUT2D eigenvalue weighted by Crippen LogP contribution is -2.60. The van der Waals surface area contributed by atoms with Gasteiger partial charge in [0.15, 0.2) is 18.9 Å². The largest absolute Gasteiger partial charge is 0.462 e. The Hall–Kier alpha value is -1.37. The van der Waals surface area contributed by atoms with Gasteiger partial charge in [-0.3, -0.25) is 0 Å². The molecule has 3 aliphatic rings. The van der Waals surface area contributed by atoms with E-state index in [2.05, 4.69) is 6.58 Å². The van der Waals surface area contributed by atoms with Crippen molar-refractivity contribution in [3.8, 4) is 0 Å². The van der Waals surface area contributed by atoms with Gasteiger partial charge in [0.1, 0.15) is 24.4 Å². The summed E-state index contributed by atoms with van der Waals surface area (Å²) < 4.78 is 27.0. The maximum absolute atomic E-state index is 12.1. The number of carbonyl (C=O) groups excluding carboxylic acids is 1. The molecule has 0 spiro atoms. The first-order valence-electron chi connectivity index (χ1n) is 8.59. The fraction of sp³-hybridized carbons (Fsp3) is 0.706. The fourth-order valence-electron chi connectivity index (χ4n) is 3.49. The van der Waals surface area contributed by atoms with Gasteiger partial charge >= 0.3 is 5.97 Å². The summed E-state index contributed by atoms with van der Waals surface area (Å²) in [6.07, 6.45) is -7.27. The molecule has 10 heteroatoms. The molecule has 10 nitrogen and oxygen atoms in total. The van der Waals surface area contributed by atoms with Crippen molar-refractivity contribution in [2.75, 3.05) is 20.3 Å². The molecule has 1 fully saturated rings. The Morgan fingerprint density at radius 3 is 2.56 bits per heavy atom. The zero-order valence-corrected chi connectivity index (χ0v) is 14.8. The number of methoxy groups -OCH3 is 1. The van der Waals surface area contributed by atoms with Crippen molar-refractivity contribution in [2.24, 2.45) is 5.92 Å². The first-order chi connectivity index (χ1) is 12.9. The number of hydrogen-bond donors (Lipinski definition) is 4. The quantitative estimate of drug-likeness (QED) is 0.314. The third kappa shape index (κ3) is 3.67. The number of rotatable bonds is 5. The van der Waals surface area contributed by atoms with Gasteiger partial charge < -0.3 is 44.1 Å². The number of ether oxygens (including phenoxy) is 5. The van der Waals surface area contributed by atoms with Crippen LogP contribution >= 0.6 is 0 Å². The third-order valence-electron chi connectivity index (χ3n) is 4.94. The highest BCUT2D eigenvalue weighted by Gasteiger charge is 2.48. The van der Waals surface area contributed by atoms with Crippen LogP contribution < -0.4 is 0 Å². The van der Waals surface area contributed by atoms with Crippen LogP contribution in [0.2, 0.25) is 0 Å². The van der Waals surface area contributed by atoms with E-state index in [1.54, 1.807) is 0 Å². The van der Waals surface area contributed by atoms with E-state index < -0.39 is 61.8 Å². The SMILES string of the molecule is C=CC1C2=C(C(=O)OCC2)C(OC)OC1OC1OC(CO)C(O)C(O)C1O. The van der Waals surface area contributed by atoms with Crippen LogP contribution in [0.25, 0.3) is 0 Å². The Balaban J connectivity index is 1.84. The molecule has 3 heterocycles. The zero-order valence-electron chi connectivity index (χ0n) is 14.8. The summed E-state index contributed by atoms with van der Waals surface area (Å²) in [7, 11) is 1.36. The lowest BCUT2D eigenvalue weighted by Gasteiger charge is -2.44. The van der Waals surface area contributed by atoms with Crippen LogP contribution in [0.3, 0.4) is 0 Å². The van der Waals surface area contributed by atoms with Gasteiger partial charge in [0.25, 0.3) is 0 Å². The molecule has 4 N–H and O–H groups in total. The highest BCUT2D eigenvalue weighted by molar-refractivity contribution is 5.91. The van der Waals surface area contributed by atoms with Crippen LogP contribution in [0.4, 0.5) is 0 Å². The summed E-state index contributed by atoms with van der Waals surface area (Å²) in [5, 5.41) is 39.2. The Morgan fingerprint density at radius 1 is 1.19 bits per heavy atom. The van der Waals surface area contributed by atoms with E-state index in [4.69, 9.17) is 23.7 Å². The lowest BCUT2D eigenvalue weighted by atomic mass is 9.87. The Bertz CT molecular complexity index is 603. The second-order valence-corrected chi connectivity index (χ2v) is 6.49. The summed E-state index contributed by atoms with van der Waals surface area (Å²) in [4.78, 5) is 12.1. The lowest BCUT2D eigenvalue weighted by molar-refractivity contribution is -0.356. The average Bonchev–Trinajstić information content (AvgIpc) is 2.67. The number of esters is 1. The summed E-state index contributed by atoms with van der Waals surface area (Å²) in [6, 6.07) is 0. The average molecular weight is 388 g/mol. The molecule has 8 unspecified atom stereocenters. The van der Waals surface area contributed by atoms with E-state index in [0.29, 0.717) is 12.0 Å². The summed E-state index contributed by atoms with van der Waals surface area (Å²) in [5.74, 6) is -1.09. The minimum Gasteiger partial charge on any atom is -0.462 e. The molecule has 0 aliphatic carbocycles. The molecule has 27 heavy (non-hydrogen) atoms. The molecule has 0 aromatic rings. The van der Waals surface area contributed by atoms with Crippen molar-refractivity contribution in [1.29, 1.82) is 0 Å². The van der Waals surface area contributed by atoms with E-state index >= 15 is 0 Å². The minimum atomic E-state index is -1.58. The molecule has 0 saturated carbocycles. The fourth-order valence-corrected chi connectivity index (χ4v) is 3.49. The van der Waals surface area contributed by atoms with Crippen LogP contribution in [0, 0.1) is 5.92 Å². The van der Waals surface area contributed by atoms with Crippen molar-refractivity contribution in [3.05, 3.63) is 23.8 Å². The molecule has 3 aliphatic heterocycles. The van der Waals surface area contributed by atoms with Crippen LogP contribution in [-0.4, -0.2) is 90.0 Å². The monoisotopic (exact) mass is 388 g/mol. The number of aliphatic hydroxyl groups is 4. The highest BCUT2D eigenvalue weighted by atomic mass is 16.8. The van der Waals surface area contributed by atoms with Crippen LogP contribution in [0.1, 0.15) is 6.42 Å². The molecule has 1 saturated heterocycles. The second kappa shape index (κ2) is 8.33. The van der Waals surface area contributed by atoms with Crippen molar-refractivity contribution in [2.45, 2.75) is 49.7 Å². The van der Waals surface area contributed by atoms with Crippen molar-refractivity contribution < 1.29 is 48.9 Å². The maximum atomic E-state index is 12.1. The topological polar surface area (TPSA) is 144 Å². The summed E-state index contributed by atoms with van der Waals surface area (Å²) >= 11 is 0. The predicted molar refractivity (Wildman–Crippen MR) is 86.8 cm³/mol. The number of aliphatic hydroxyl groups excluding tert-OH is 4. The number of carbonyl (C=O) groups is 1. The molecular formula is C17H24O10. The first-order valence-corrected chi connectivity index (χ1v) is 8.59. The summed E-state index contributed by atoms with van der Waals surface area (Å²) in [6.45, 7) is 3.37. The minimum absolute atomic E-state index is 0.200. The highest BCUT2D eigenvalue weighted by Crippen LogP contribution is 2.38. The Morgan fingerprint density at radius 2 is 1.93 bits per heavy atom. The Kier molecular flexibility index (Phi) is 6.28. The molecule has 0 aromatic carbocycles. The molecular weight excluding hydrogens is 364 g/mol. The first kappa shape index (κ1) is 20.4. The van der Waals surface area contributed by atoms with Gasteiger partial charge in [-0.15, -0.1) is 6.58 Å². The number of cyclic esters (lactones) is 1. The molecule has 152 valence electrons. The van der Waals surface area contributed by atoms with Crippen LogP contribution in [0.15, 0.2) is 23.8 Å². The van der Waals surface area contributed by atoms with E-state index in [1.165, 1.54) is 13.2 Å². The zero-order chi connectivity index (χ0) is 19.7. The molecule has 8 atom stereocenters. The standard InChI is InChI=1S/C17H24O10/c1-3-7-8-4-5-24-14(22)10(8)16(23-2)26-15(7)27-17-13(21)12(20)11(19)9(6-18)25-17/h3,7,9,11-13,15-21H,1,4-6H2,2H3. The smallest absolute Gasteiger partial charge is 0.339 e. The molecule has 3 rings (SSSR count). The predicted octanol–water partition coefficient (Wildman–Crippen LogP) is -1.82. The molecule has 0 aromatic heterocycles. The van der Waals surface area contributed by atoms with Gasteiger partial charge in [-0.05, 0) is 5.57 Å². The van der Waals surface area contributed by atoms with Gasteiger partial charge in [-0.1, -0.05) is 6.08 Å². The molecule has 0 amide bonds. The second-order valence-electron chi connectivity index (χ2n) is 6.49.